The van der Waals surface area contributed by atoms with Crippen LogP contribution in [0.15, 0.2) is 42.5 Å². The Bertz CT molecular complexity index is 721. The van der Waals surface area contributed by atoms with Gasteiger partial charge in [-0.25, -0.2) is 4.79 Å². The number of carbonyl (C=O) groups is 2. The summed E-state index contributed by atoms with van der Waals surface area (Å²) >= 11 is 0. The third-order valence-electron chi connectivity index (χ3n) is 4.17. The van der Waals surface area contributed by atoms with Crippen LogP contribution in [0.2, 0.25) is 0 Å². The molecule has 4 heteroatoms. The topological polar surface area (TPSA) is 57.6 Å². The average Bonchev–Trinajstić information content (AvgIpc) is 3.32. The predicted molar refractivity (Wildman–Crippen MR) is 84.6 cm³/mol. The van der Waals surface area contributed by atoms with E-state index in [0.29, 0.717) is 0 Å². The first-order chi connectivity index (χ1) is 10.6. The molecule has 1 fully saturated rings. The Hall–Kier alpha value is -2.36. The summed E-state index contributed by atoms with van der Waals surface area (Å²) < 4.78 is 0. The molecule has 2 aromatic rings. The molecule has 0 heterocycles. The lowest BCUT2D eigenvalue weighted by molar-refractivity contribution is -0.149. The minimum absolute atomic E-state index is 0.0963. The molecule has 2 aromatic carbocycles. The Morgan fingerprint density at radius 2 is 1.86 bits per heavy atom. The van der Waals surface area contributed by atoms with E-state index < -0.39 is 12.0 Å². The van der Waals surface area contributed by atoms with Gasteiger partial charge in [-0.15, -0.1) is 0 Å². The molecule has 0 aliphatic heterocycles. The second-order valence-corrected chi connectivity index (χ2v) is 5.90. The number of nitrogens with zero attached hydrogens (tertiary/aromatic N) is 1. The van der Waals surface area contributed by atoms with E-state index in [1.54, 1.807) is 6.92 Å². The van der Waals surface area contributed by atoms with Gasteiger partial charge in [0.1, 0.15) is 6.04 Å². The van der Waals surface area contributed by atoms with Crippen molar-refractivity contribution in [2.75, 3.05) is 0 Å². The summed E-state index contributed by atoms with van der Waals surface area (Å²) in [6, 6.07) is 13.3. The Morgan fingerprint density at radius 3 is 2.50 bits per heavy atom. The maximum atomic E-state index is 12.5. The van der Waals surface area contributed by atoms with Gasteiger partial charge < -0.3 is 10.0 Å². The molecule has 1 amide bonds. The van der Waals surface area contributed by atoms with Gasteiger partial charge in [0.05, 0.1) is 6.42 Å². The van der Waals surface area contributed by atoms with E-state index in [-0.39, 0.29) is 18.4 Å². The van der Waals surface area contributed by atoms with Gasteiger partial charge in [0, 0.05) is 6.04 Å². The molecule has 1 aliphatic rings. The van der Waals surface area contributed by atoms with E-state index in [9.17, 15) is 14.7 Å². The van der Waals surface area contributed by atoms with Gasteiger partial charge in [-0.05, 0) is 36.1 Å². The summed E-state index contributed by atoms with van der Waals surface area (Å²) in [5.41, 5.74) is 0.923. The fraction of sp³-hybridized carbons (Fsp3) is 0.333. The first-order valence-electron chi connectivity index (χ1n) is 7.58. The number of benzene rings is 2. The van der Waals surface area contributed by atoms with Gasteiger partial charge in [-0.2, -0.15) is 0 Å². The molecule has 1 N–H and O–H groups in total. The van der Waals surface area contributed by atoms with Gasteiger partial charge in [0.15, 0.2) is 0 Å². The number of carboxylic acid groups (broad SMARTS) is 1. The molecule has 0 bridgehead atoms. The van der Waals surface area contributed by atoms with E-state index in [0.717, 1.165) is 29.2 Å². The lowest BCUT2D eigenvalue weighted by Crippen LogP contribution is -2.45. The molecule has 0 aromatic heterocycles. The number of amides is 1. The van der Waals surface area contributed by atoms with Crippen LogP contribution in [0.25, 0.3) is 10.8 Å². The van der Waals surface area contributed by atoms with Crippen LogP contribution in [-0.4, -0.2) is 34.0 Å². The van der Waals surface area contributed by atoms with Crippen molar-refractivity contribution < 1.29 is 14.7 Å². The van der Waals surface area contributed by atoms with Gasteiger partial charge in [-0.3, -0.25) is 4.79 Å². The number of carbonyl (C=O) groups excluding carboxylic acids is 1. The third-order valence-corrected chi connectivity index (χ3v) is 4.17. The molecule has 114 valence electrons. The highest BCUT2D eigenvalue weighted by molar-refractivity contribution is 5.87. The van der Waals surface area contributed by atoms with Crippen molar-refractivity contribution in [2.24, 2.45) is 0 Å². The molecule has 0 radical (unpaired) electrons. The SMILES string of the molecule is CC(C(=O)O)N(C(=O)Cc1ccc2ccccc2c1)C1CC1. The van der Waals surface area contributed by atoms with Crippen molar-refractivity contribution in [3.8, 4) is 0 Å². The van der Waals surface area contributed by atoms with Crippen LogP contribution in [0.1, 0.15) is 25.3 Å². The summed E-state index contributed by atoms with van der Waals surface area (Å²) in [5.74, 6) is -1.05. The number of hydrogen-bond acceptors (Lipinski definition) is 2. The van der Waals surface area contributed by atoms with Crippen molar-refractivity contribution in [1.82, 2.24) is 4.90 Å². The van der Waals surface area contributed by atoms with E-state index >= 15 is 0 Å². The van der Waals surface area contributed by atoms with Gasteiger partial charge >= 0.3 is 5.97 Å². The summed E-state index contributed by atoms with van der Waals surface area (Å²) in [6.07, 6.45) is 2.06. The molecule has 1 saturated carbocycles. The molecule has 1 unspecified atom stereocenters. The lowest BCUT2D eigenvalue weighted by atomic mass is 10.0. The quantitative estimate of drug-likeness (QED) is 0.923. The molecule has 4 nitrogen and oxygen atoms in total. The van der Waals surface area contributed by atoms with E-state index in [4.69, 9.17) is 0 Å². The van der Waals surface area contributed by atoms with Crippen molar-refractivity contribution in [3.05, 3.63) is 48.0 Å². The fourth-order valence-corrected chi connectivity index (χ4v) is 2.82. The smallest absolute Gasteiger partial charge is 0.326 e. The summed E-state index contributed by atoms with van der Waals surface area (Å²) in [4.78, 5) is 25.3. The predicted octanol–water partition coefficient (Wildman–Crippen LogP) is 2.85. The number of hydrogen-bond donors (Lipinski definition) is 1. The average molecular weight is 297 g/mol. The number of fused-ring (bicyclic) bond motifs is 1. The highest BCUT2D eigenvalue weighted by Crippen LogP contribution is 2.29. The standard InChI is InChI=1S/C18H19NO3/c1-12(18(21)22)19(16-8-9-16)17(20)11-13-6-7-14-4-2-3-5-15(14)10-13/h2-7,10,12,16H,8-9,11H2,1H3,(H,21,22). The number of rotatable bonds is 5. The van der Waals surface area contributed by atoms with Crippen molar-refractivity contribution in [3.63, 3.8) is 0 Å². The third kappa shape index (κ3) is 2.96. The van der Waals surface area contributed by atoms with Gasteiger partial charge in [-0.1, -0.05) is 42.5 Å². The lowest BCUT2D eigenvalue weighted by Gasteiger charge is -2.26. The molecular weight excluding hydrogens is 278 g/mol. The summed E-state index contributed by atoms with van der Waals surface area (Å²) in [6.45, 7) is 1.58. The number of aliphatic carboxylic acids is 1. The highest BCUT2D eigenvalue weighted by atomic mass is 16.4. The monoisotopic (exact) mass is 297 g/mol. The Balaban J connectivity index is 1.80. The van der Waals surface area contributed by atoms with Crippen LogP contribution < -0.4 is 0 Å². The van der Waals surface area contributed by atoms with Gasteiger partial charge in [0.25, 0.3) is 0 Å². The van der Waals surface area contributed by atoms with Crippen LogP contribution >= 0.6 is 0 Å². The highest BCUT2D eigenvalue weighted by Gasteiger charge is 2.38. The van der Waals surface area contributed by atoms with Crippen molar-refractivity contribution in [2.45, 2.75) is 38.3 Å². The van der Waals surface area contributed by atoms with E-state index in [1.807, 2.05) is 42.5 Å². The molecular formula is C18H19NO3. The van der Waals surface area contributed by atoms with E-state index in [1.165, 1.54) is 4.90 Å². The van der Waals surface area contributed by atoms with Gasteiger partial charge in [0.2, 0.25) is 5.91 Å². The Morgan fingerprint density at radius 1 is 1.18 bits per heavy atom. The molecule has 1 atom stereocenters. The minimum Gasteiger partial charge on any atom is -0.480 e. The van der Waals surface area contributed by atoms with Crippen LogP contribution in [0, 0.1) is 0 Å². The maximum absolute atomic E-state index is 12.5. The Labute approximate surface area is 129 Å². The fourth-order valence-electron chi connectivity index (χ4n) is 2.82. The molecule has 3 rings (SSSR count). The van der Waals surface area contributed by atoms with Crippen LogP contribution in [-0.2, 0) is 16.0 Å². The molecule has 22 heavy (non-hydrogen) atoms. The van der Waals surface area contributed by atoms with Crippen molar-refractivity contribution in [1.29, 1.82) is 0 Å². The summed E-state index contributed by atoms with van der Waals surface area (Å²) in [7, 11) is 0. The molecule has 0 saturated heterocycles. The zero-order valence-electron chi connectivity index (χ0n) is 12.5. The zero-order valence-corrected chi connectivity index (χ0v) is 12.5. The molecule has 0 spiro atoms. The van der Waals surface area contributed by atoms with E-state index in [2.05, 4.69) is 0 Å². The second-order valence-electron chi connectivity index (χ2n) is 5.90. The first-order valence-corrected chi connectivity index (χ1v) is 7.58. The van der Waals surface area contributed by atoms with Crippen LogP contribution in [0.3, 0.4) is 0 Å². The minimum atomic E-state index is -0.946. The first kappa shape index (κ1) is 14.6. The van der Waals surface area contributed by atoms with Crippen LogP contribution in [0.4, 0.5) is 0 Å². The number of carboxylic acids is 1. The molecule has 1 aliphatic carbocycles. The largest absolute Gasteiger partial charge is 0.480 e. The zero-order chi connectivity index (χ0) is 15.7. The second kappa shape index (κ2) is 5.79. The normalized spacial score (nSPS) is 15.5. The summed E-state index contributed by atoms with van der Waals surface area (Å²) in [5, 5.41) is 11.4. The van der Waals surface area contributed by atoms with Crippen LogP contribution in [0.5, 0.6) is 0 Å². The van der Waals surface area contributed by atoms with Crippen molar-refractivity contribution >= 4 is 22.6 Å². The maximum Gasteiger partial charge on any atom is 0.326 e. The Kier molecular flexibility index (Phi) is 3.84.